The number of nitrogens with zero attached hydrogens (tertiary/aromatic N) is 3. The SMILES string of the molecule is COCc1cc(C(N)=O)cc2nnc(C)n12. The van der Waals surface area contributed by atoms with E-state index >= 15 is 0 Å². The smallest absolute Gasteiger partial charge is 0.248 e. The van der Waals surface area contributed by atoms with Gasteiger partial charge in [-0.2, -0.15) is 0 Å². The molecular formula is C10H12N4O2. The van der Waals surface area contributed by atoms with Crippen molar-refractivity contribution in [3.8, 4) is 0 Å². The lowest BCUT2D eigenvalue weighted by molar-refractivity contribution is 0.1000. The third-order valence-electron chi connectivity index (χ3n) is 2.32. The number of carbonyl (C=O) groups is 1. The first-order valence-corrected chi connectivity index (χ1v) is 4.77. The zero-order valence-electron chi connectivity index (χ0n) is 9.10. The van der Waals surface area contributed by atoms with Gasteiger partial charge in [-0.05, 0) is 19.1 Å². The second kappa shape index (κ2) is 3.90. The monoisotopic (exact) mass is 220 g/mol. The highest BCUT2D eigenvalue weighted by atomic mass is 16.5. The van der Waals surface area contributed by atoms with E-state index in [2.05, 4.69) is 10.2 Å². The molecule has 0 spiro atoms. The fraction of sp³-hybridized carbons (Fsp3) is 0.300. The van der Waals surface area contributed by atoms with Crippen LogP contribution in [0.3, 0.4) is 0 Å². The molecule has 0 saturated carbocycles. The Kier molecular flexibility index (Phi) is 2.57. The number of rotatable bonds is 3. The molecule has 2 aromatic rings. The first-order chi connectivity index (χ1) is 7.63. The summed E-state index contributed by atoms with van der Waals surface area (Å²) in [6.45, 7) is 2.21. The topological polar surface area (TPSA) is 82.5 Å². The van der Waals surface area contributed by atoms with Crippen LogP contribution in [-0.4, -0.2) is 27.6 Å². The molecule has 0 aliphatic rings. The Hall–Kier alpha value is -1.95. The maximum absolute atomic E-state index is 11.1. The van der Waals surface area contributed by atoms with Crippen LogP contribution in [-0.2, 0) is 11.3 Å². The molecule has 0 aliphatic carbocycles. The van der Waals surface area contributed by atoms with Crippen LogP contribution in [0.25, 0.3) is 5.65 Å². The van der Waals surface area contributed by atoms with Crippen molar-refractivity contribution in [3.05, 3.63) is 29.2 Å². The quantitative estimate of drug-likeness (QED) is 0.805. The van der Waals surface area contributed by atoms with Gasteiger partial charge in [0.2, 0.25) is 5.91 Å². The molecule has 2 N–H and O–H groups in total. The van der Waals surface area contributed by atoms with Crippen molar-refractivity contribution >= 4 is 11.6 Å². The number of pyridine rings is 1. The molecule has 0 atom stereocenters. The van der Waals surface area contributed by atoms with Gasteiger partial charge in [0.15, 0.2) is 5.65 Å². The number of ether oxygens (including phenoxy) is 1. The molecule has 0 saturated heterocycles. The molecule has 0 radical (unpaired) electrons. The number of carbonyl (C=O) groups excluding carboxylic acids is 1. The highest BCUT2D eigenvalue weighted by molar-refractivity contribution is 5.93. The summed E-state index contributed by atoms with van der Waals surface area (Å²) in [4.78, 5) is 11.1. The molecular weight excluding hydrogens is 208 g/mol. The number of amides is 1. The van der Waals surface area contributed by atoms with Crippen molar-refractivity contribution in [2.24, 2.45) is 5.73 Å². The summed E-state index contributed by atoms with van der Waals surface area (Å²) in [6.07, 6.45) is 0. The lowest BCUT2D eigenvalue weighted by Crippen LogP contribution is -2.13. The Labute approximate surface area is 92.0 Å². The number of hydrogen-bond donors (Lipinski definition) is 1. The van der Waals surface area contributed by atoms with Crippen molar-refractivity contribution in [2.75, 3.05) is 7.11 Å². The van der Waals surface area contributed by atoms with Crippen LogP contribution < -0.4 is 5.73 Å². The Morgan fingerprint density at radius 3 is 2.88 bits per heavy atom. The summed E-state index contributed by atoms with van der Waals surface area (Å²) < 4.78 is 6.90. The second-order valence-electron chi connectivity index (χ2n) is 3.47. The molecule has 1 amide bonds. The molecule has 0 fully saturated rings. The molecule has 0 unspecified atom stereocenters. The largest absolute Gasteiger partial charge is 0.378 e. The molecule has 2 aromatic heterocycles. The van der Waals surface area contributed by atoms with Crippen molar-refractivity contribution in [1.29, 1.82) is 0 Å². The minimum Gasteiger partial charge on any atom is -0.378 e. The highest BCUT2D eigenvalue weighted by Crippen LogP contribution is 2.12. The Balaban J connectivity index is 2.70. The zero-order chi connectivity index (χ0) is 11.7. The maximum Gasteiger partial charge on any atom is 0.248 e. The van der Waals surface area contributed by atoms with Gasteiger partial charge in [0, 0.05) is 12.7 Å². The van der Waals surface area contributed by atoms with E-state index in [0.29, 0.717) is 17.8 Å². The second-order valence-corrected chi connectivity index (χ2v) is 3.47. The van der Waals surface area contributed by atoms with E-state index in [4.69, 9.17) is 10.5 Å². The summed E-state index contributed by atoms with van der Waals surface area (Å²) in [6, 6.07) is 3.30. The molecule has 0 bridgehead atoms. The lowest BCUT2D eigenvalue weighted by Gasteiger charge is -2.06. The van der Waals surface area contributed by atoms with Crippen molar-refractivity contribution in [2.45, 2.75) is 13.5 Å². The van der Waals surface area contributed by atoms with Gasteiger partial charge in [-0.15, -0.1) is 10.2 Å². The van der Waals surface area contributed by atoms with Crippen LogP contribution in [0.5, 0.6) is 0 Å². The van der Waals surface area contributed by atoms with E-state index in [-0.39, 0.29) is 0 Å². The first-order valence-electron chi connectivity index (χ1n) is 4.77. The molecule has 0 aliphatic heterocycles. The number of nitrogens with two attached hydrogens (primary N) is 1. The van der Waals surface area contributed by atoms with Gasteiger partial charge in [-0.3, -0.25) is 9.20 Å². The van der Waals surface area contributed by atoms with Gasteiger partial charge in [0.25, 0.3) is 0 Å². The van der Waals surface area contributed by atoms with Gasteiger partial charge in [-0.25, -0.2) is 0 Å². The van der Waals surface area contributed by atoms with Gasteiger partial charge in [0.05, 0.1) is 12.3 Å². The number of aryl methyl sites for hydroxylation is 1. The van der Waals surface area contributed by atoms with E-state index in [1.807, 2.05) is 11.3 Å². The third kappa shape index (κ3) is 1.63. The number of aromatic nitrogens is 3. The maximum atomic E-state index is 11.1. The van der Waals surface area contributed by atoms with Crippen LogP contribution in [0.4, 0.5) is 0 Å². The Bertz CT molecular complexity index is 547. The van der Waals surface area contributed by atoms with Crippen molar-refractivity contribution < 1.29 is 9.53 Å². The molecule has 84 valence electrons. The molecule has 6 nitrogen and oxygen atoms in total. The molecule has 6 heteroatoms. The fourth-order valence-electron chi connectivity index (χ4n) is 1.65. The van der Waals surface area contributed by atoms with E-state index in [1.165, 1.54) is 0 Å². The average Bonchev–Trinajstić information content (AvgIpc) is 2.61. The standard InChI is InChI=1S/C10H12N4O2/c1-6-12-13-9-4-7(10(11)15)3-8(5-16-2)14(6)9/h3-4H,5H2,1-2H3,(H2,11,15). The van der Waals surface area contributed by atoms with E-state index in [0.717, 1.165) is 11.5 Å². The normalized spacial score (nSPS) is 10.9. The summed E-state index contributed by atoms with van der Waals surface area (Å²) in [5.74, 6) is 0.263. The van der Waals surface area contributed by atoms with E-state index in [1.54, 1.807) is 19.2 Å². The zero-order valence-corrected chi connectivity index (χ0v) is 9.10. The number of primary amides is 1. The predicted molar refractivity (Wildman–Crippen MR) is 57.0 cm³/mol. The number of fused-ring (bicyclic) bond motifs is 1. The highest BCUT2D eigenvalue weighted by Gasteiger charge is 2.11. The van der Waals surface area contributed by atoms with Crippen LogP contribution >= 0.6 is 0 Å². The van der Waals surface area contributed by atoms with Gasteiger partial charge < -0.3 is 10.5 Å². The van der Waals surface area contributed by atoms with E-state index < -0.39 is 5.91 Å². The summed E-state index contributed by atoms with van der Waals surface area (Å²) in [5.41, 5.74) is 7.05. The molecule has 0 aromatic carbocycles. The molecule has 2 heterocycles. The Morgan fingerprint density at radius 2 is 2.25 bits per heavy atom. The minimum atomic E-state index is -0.486. The number of hydrogen-bond acceptors (Lipinski definition) is 4. The van der Waals surface area contributed by atoms with Gasteiger partial charge in [-0.1, -0.05) is 0 Å². The van der Waals surface area contributed by atoms with Gasteiger partial charge in [0.1, 0.15) is 5.82 Å². The predicted octanol–water partition coefficient (Wildman–Crippen LogP) is 0.283. The Morgan fingerprint density at radius 1 is 1.50 bits per heavy atom. The van der Waals surface area contributed by atoms with Crippen LogP contribution in [0.2, 0.25) is 0 Å². The summed E-state index contributed by atoms with van der Waals surface area (Å²) >= 11 is 0. The van der Waals surface area contributed by atoms with E-state index in [9.17, 15) is 4.79 Å². The van der Waals surface area contributed by atoms with Crippen LogP contribution in [0.15, 0.2) is 12.1 Å². The molecule has 16 heavy (non-hydrogen) atoms. The minimum absolute atomic E-state index is 0.372. The summed E-state index contributed by atoms with van der Waals surface area (Å²) in [5, 5.41) is 7.90. The van der Waals surface area contributed by atoms with Crippen LogP contribution in [0, 0.1) is 6.92 Å². The van der Waals surface area contributed by atoms with Crippen LogP contribution in [0.1, 0.15) is 21.9 Å². The van der Waals surface area contributed by atoms with Crippen molar-refractivity contribution in [3.63, 3.8) is 0 Å². The fourth-order valence-corrected chi connectivity index (χ4v) is 1.65. The van der Waals surface area contributed by atoms with Gasteiger partial charge >= 0.3 is 0 Å². The van der Waals surface area contributed by atoms with Crippen molar-refractivity contribution in [1.82, 2.24) is 14.6 Å². The average molecular weight is 220 g/mol. The third-order valence-corrected chi connectivity index (χ3v) is 2.32. The first kappa shape index (κ1) is 10.6. The summed E-state index contributed by atoms with van der Waals surface area (Å²) in [7, 11) is 1.59. The molecule has 2 rings (SSSR count). The number of methoxy groups -OCH3 is 1. The lowest BCUT2D eigenvalue weighted by atomic mass is 10.2.